The molecule has 0 unspecified atom stereocenters. The third-order valence-electron chi connectivity index (χ3n) is 5.13. The lowest BCUT2D eigenvalue weighted by Gasteiger charge is -2.20. The Morgan fingerprint density at radius 1 is 0.857 bits per heavy atom. The predicted octanol–water partition coefficient (Wildman–Crippen LogP) is 4.53. The molecule has 0 aliphatic rings. The van der Waals surface area contributed by atoms with Crippen LogP contribution in [0.15, 0.2) is 77.9 Å². The molecule has 0 bridgehead atoms. The van der Waals surface area contributed by atoms with Crippen LogP contribution in [0.25, 0.3) is 0 Å². The molecule has 0 aromatic heterocycles. The van der Waals surface area contributed by atoms with E-state index in [-0.39, 0.29) is 11.3 Å². The van der Waals surface area contributed by atoms with Gasteiger partial charge in [0.05, 0.1) is 17.5 Å². The number of nitrogens with zero attached hydrogens (tertiary/aromatic N) is 2. The van der Waals surface area contributed by atoms with E-state index >= 15 is 0 Å². The summed E-state index contributed by atoms with van der Waals surface area (Å²) < 4.78 is 0. The zero-order valence-electron chi connectivity index (χ0n) is 19.4. The van der Waals surface area contributed by atoms with Gasteiger partial charge in [0.15, 0.2) is 0 Å². The number of hydrogen-bond acceptors (Lipinski definition) is 5. The fourth-order valence-corrected chi connectivity index (χ4v) is 3.40. The summed E-state index contributed by atoms with van der Waals surface area (Å²) in [5, 5.41) is 9.57. The first-order chi connectivity index (χ1) is 16.9. The Labute approximate surface area is 209 Å². The van der Waals surface area contributed by atoms with Gasteiger partial charge in [-0.05, 0) is 67.9 Å². The predicted molar refractivity (Wildman–Crippen MR) is 140 cm³/mol. The largest absolute Gasteiger partial charge is 0.372 e. The second kappa shape index (κ2) is 12.3. The Morgan fingerprint density at radius 3 is 2.17 bits per heavy atom. The van der Waals surface area contributed by atoms with Crippen LogP contribution in [0, 0.1) is 0 Å². The first kappa shape index (κ1) is 25.5. The first-order valence-corrected chi connectivity index (χ1v) is 11.4. The highest BCUT2D eigenvalue weighted by Gasteiger charge is 2.17. The Kier molecular flexibility index (Phi) is 8.97. The minimum Gasteiger partial charge on any atom is -0.372 e. The first-order valence-electron chi connectivity index (χ1n) is 11.1. The van der Waals surface area contributed by atoms with Crippen LogP contribution in [-0.2, 0) is 9.59 Å². The summed E-state index contributed by atoms with van der Waals surface area (Å²) in [6.07, 6.45) is 1.45. The SMILES string of the molecule is CCN(CC)c1ccc(C=NNC(=O)C(=O)Nc2ccccc2C(=O)Nc2ccc(Cl)cc2)cc1. The zero-order chi connectivity index (χ0) is 25.2. The number of benzene rings is 3. The van der Waals surface area contributed by atoms with Crippen molar-refractivity contribution in [3.05, 3.63) is 88.9 Å². The monoisotopic (exact) mass is 491 g/mol. The molecule has 9 heteroatoms. The molecule has 0 saturated heterocycles. The number of hydrazone groups is 1. The van der Waals surface area contributed by atoms with Gasteiger partial charge in [0.2, 0.25) is 0 Å². The molecule has 0 aliphatic heterocycles. The van der Waals surface area contributed by atoms with E-state index < -0.39 is 17.7 Å². The van der Waals surface area contributed by atoms with E-state index in [1.165, 1.54) is 12.3 Å². The van der Waals surface area contributed by atoms with Gasteiger partial charge in [0.25, 0.3) is 5.91 Å². The number of amides is 3. The highest BCUT2D eigenvalue weighted by molar-refractivity contribution is 6.40. The lowest BCUT2D eigenvalue weighted by Crippen LogP contribution is -2.33. The van der Waals surface area contributed by atoms with Crippen molar-refractivity contribution in [3.63, 3.8) is 0 Å². The summed E-state index contributed by atoms with van der Waals surface area (Å²) in [6.45, 7) is 5.98. The summed E-state index contributed by atoms with van der Waals surface area (Å²) in [6, 6.07) is 20.7. The third-order valence-corrected chi connectivity index (χ3v) is 5.38. The third kappa shape index (κ3) is 7.15. The Morgan fingerprint density at radius 2 is 1.51 bits per heavy atom. The van der Waals surface area contributed by atoms with Crippen molar-refractivity contribution >= 4 is 52.6 Å². The molecular formula is C26H26ClN5O3. The maximum atomic E-state index is 12.7. The molecular weight excluding hydrogens is 466 g/mol. The molecule has 0 atom stereocenters. The number of para-hydroxylation sites is 1. The number of halogens is 1. The van der Waals surface area contributed by atoms with Gasteiger partial charge in [0.1, 0.15) is 0 Å². The summed E-state index contributed by atoms with van der Waals surface area (Å²) in [5.74, 6) is -2.37. The Bertz CT molecular complexity index is 1210. The fraction of sp³-hybridized carbons (Fsp3) is 0.154. The smallest absolute Gasteiger partial charge is 0.329 e. The quantitative estimate of drug-likeness (QED) is 0.245. The molecule has 0 saturated carbocycles. The molecule has 3 amide bonds. The average molecular weight is 492 g/mol. The summed E-state index contributed by atoms with van der Waals surface area (Å²) in [5.41, 5.74) is 4.99. The Balaban J connectivity index is 1.59. The van der Waals surface area contributed by atoms with Crippen LogP contribution < -0.4 is 21.0 Å². The number of carbonyl (C=O) groups excluding carboxylic acids is 3. The van der Waals surface area contributed by atoms with Crippen molar-refractivity contribution < 1.29 is 14.4 Å². The average Bonchev–Trinajstić information content (AvgIpc) is 2.87. The molecule has 0 aliphatic carbocycles. The lowest BCUT2D eigenvalue weighted by molar-refractivity contribution is -0.136. The standard InChI is InChI=1S/C26H26ClN5O3/c1-3-32(4-2)21-15-9-18(10-16-21)17-28-31-26(35)25(34)30-23-8-6-5-7-22(23)24(33)29-20-13-11-19(27)12-14-20/h5-17H,3-4H2,1-2H3,(H,29,33)(H,30,34)(H,31,35). The van der Waals surface area contributed by atoms with Crippen molar-refractivity contribution in [2.75, 3.05) is 28.6 Å². The maximum Gasteiger partial charge on any atom is 0.329 e. The van der Waals surface area contributed by atoms with E-state index in [2.05, 4.69) is 39.9 Å². The molecule has 180 valence electrons. The molecule has 3 aromatic rings. The minimum absolute atomic E-state index is 0.190. The lowest BCUT2D eigenvalue weighted by atomic mass is 10.1. The van der Waals surface area contributed by atoms with Crippen molar-refractivity contribution in [1.82, 2.24) is 5.43 Å². The van der Waals surface area contributed by atoms with Gasteiger partial charge >= 0.3 is 11.8 Å². The highest BCUT2D eigenvalue weighted by atomic mass is 35.5. The van der Waals surface area contributed by atoms with Crippen LogP contribution in [0.5, 0.6) is 0 Å². The molecule has 3 aromatic carbocycles. The summed E-state index contributed by atoms with van der Waals surface area (Å²) >= 11 is 5.87. The highest BCUT2D eigenvalue weighted by Crippen LogP contribution is 2.19. The molecule has 3 rings (SSSR count). The topological polar surface area (TPSA) is 103 Å². The molecule has 35 heavy (non-hydrogen) atoms. The van der Waals surface area contributed by atoms with Crippen molar-refractivity contribution in [2.24, 2.45) is 5.10 Å². The van der Waals surface area contributed by atoms with Crippen molar-refractivity contribution in [1.29, 1.82) is 0 Å². The van der Waals surface area contributed by atoms with E-state index in [1.54, 1.807) is 42.5 Å². The van der Waals surface area contributed by atoms with E-state index in [9.17, 15) is 14.4 Å². The van der Waals surface area contributed by atoms with Crippen LogP contribution in [0.3, 0.4) is 0 Å². The minimum atomic E-state index is -0.964. The van der Waals surface area contributed by atoms with Gasteiger partial charge in [0, 0.05) is 29.5 Å². The molecule has 3 N–H and O–H groups in total. The molecule has 0 heterocycles. The van der Waals surface area contributed by atoms with Gasteiger partial charge < -0.3 is 15.5 Å². The van der Waals surface area contributed by atoms with E-state index in [0.717, 1.165) is 24.3 Å². The van der Waals surface area contributed by atoms with Gasteiger partial charge in [-0.3, -0.25) is 14.4 Å². The summed E-state index contributed by atoms with van der Waals surface area (Å²) in [7, 11) is 0. The second-order valence-electron chi connectivity index (χ2n) is 7.42. The normalized spacial score (nSPS) is 10.6. The molecule has 0 radical (unpaired) electrons. The van der Waals surface area contributed by atoms with Gasteiger partial charge in [-0.1, -0.05) is 35.9 Å². The van der Waals surface area contributed by atoms with Crippen molar-refractivity contribution in [2.45, 2.75) is 13.8 Å². The number of nitrogens with one attached hydrogen (secondary N) is 3. The van der Waals surface area contributed by atoms with Crippen LogP contribution in [0.4, 0.5) is 17.1 Å². The van der Waals surface area contributed by atoms with Crippen LogP contribution in [0.1, 0.15) is 29.8 Å². The number of anilines is 3. The maximum absolute atomic E-state index is 12.7. The molecule has 8 nitrogen and oxygen atoms in total. The number of carbonyl (C=O) groups is 3. The Hall–Kier alpha value is -4.17. The molecule has 0 fully saturated rings. The van der Waals surface area contributed by atoms with Gasteiger partial charge in [-0.15, -0.1) is 0 Å². The van der Waals surface area contributed by atoms with Crippen LogP contribution >= 0.6 is 11.6 Å². The molecule has 0 spiro atoms. The number of rotatable bonds is 8. The van der Waals surface area contributed by atoms with Crippen molar-refractivity contribution in [3.8, 4) is 0 Å². The van der Waals surface area contributed by atoms with Crippen LogP contribution in [-0.4, -0.2) is 37.0 Å². The van der Waals surface area contributed by atoms with E-state index in [0.29, 0.717) is 10.7 Å². The second-order valence-corrected chi connectivity index (χ2v) is 7.86. The van der Waals surface area contributed by atoms with E-state index in [4.69, 9.17) is 11.6 Å². The van der Waals surface area contributed by atoms with Crippen LogP contribution in [0.2, 0.25) is 5.02 Å². The number of hydrogen-bond donors (Lipinski definition) is 3. The summed E-state index contributed by atoms with van der Waals surface area (Å²) in [4.78, 5) is 39.5. The van der Waals surface area contributed by atoms with E-state index in [1.807, 2.05) is 24.3 Å². The zero-order valence-corrected chi connectivity index (χ0v) is 20.2. The van der Waals surface area contributed by atoms with Gasteiger partial charge in [-0.2, -0.15) is 5.10 Å². The fourth-order valence-electron chi connectivity index (χ4n) is 3.28. The van der Waals surface area contributed by atoms with Gasteiger partial charge in [-0.25, -0.2) is 5.43 Å².